The maximum absolute atomic E-state index is 13.4. The van der Waals surface area contributed by atoms with Crippen LogP contribution in [-0.4, -0.2) is 33.8 Å². The Morgan fingerprint density at radius 2 is 1.78 bits per heavy atom. The fraction of sp³-hybridized carbons (Fsp3) is 0.286. The van der Waals surface area contributed by atoms with Crippen molar-refractivity contribution in [1.82, 2.24) is 9.55 Å². The number of para-hydroxylation sites is 2. The van der Waals surface area contributed by atoms with E-state index in [-0.39, 0.29) is 11.5 Å². The standard InChI is InChI=1S/C28H27N3O4S2/c1-17(24(32)30-25-23(27(34)35-2)20-14-7-4-8-16-22(20)37-25)36-28-29-21-15-10-9-13-19(21)26(33)31(28)18-11-5-3-6-12-18/h3,5-6,9-13,15,17H,4,7-8,14,16H2,1-2H3,(H,30,32). The van der Waals surface area contributed by atoms with Gasteiger partial charge < -0.3 is 10.1 Å². The fourth-order valence-electron chi connectivity index (χ4n) is 4.57. The summed E-state index contributed by atoms with van der Waals surface area (Å²) in [6.07, 6.45) is 4.91. The van der Waals surface area contributed by atoms with Crippen molar-refractivity contribution in [3.05, 3.63) is 81.0 Å². The highest BCUT2D eigenvalue weighted by molar-refractivity contribution is 8.00. The largest absolute Gasteiger partial charge is 0.465 e. The van der Waals surface area contributed by atoms with Crippen molar-refractivity contribution in [3.63, 3.8) is 0 Å². The number of anilines is 1. The number of fused-ring (bicyclic) bond motifs is 2. The summed E-state index contributed by atoms with van der Waals surface area (Å²) >= 11 is 2.67. The molecule has 37 heavy (non-hydrogen) atoms. The second-order valence-corrected chi connectivity index (χ2v) is 11.3. The summed E-state index contributed by atoms with van der Waals surface area (Å²) in [5.74, 6) is -0.697. The molecule has 1 atom stereocenters. The predicted octanol–water partition coefficient (Wildman–Crippen LogP) is 5.62. The van der Waals surface area contributed by atoms with Crippen LogP contribution in [0.1, 0.15) is 47.0 Å². The van der Waals surface area contributed by atoms with Gasteiger partial charge in [-0.25, -0.2) is 9.78 Å². The van der Waals surface area contributed by atoms with E-state index in [0.29, 0.717) is 32.3 Å². The SMILES string of the molecule is COC(=O)c1c(NC(=O)C(C)Sc2nc3ccccc3c(=O)n2-c2ccccc2)sc2c1CCCCC2. The molecular formula is C28H27N3O4S2. The Hall–Kier alpha value is -3.43. The molecule has 0 spiro atoms. The molecule has 0 fully saturated rings. The molecule has 1 aliphatic rings. The summed E-state index contributed by atoms with van der Waals surface area (Å²) in [4.78, 5) is 45.4. The molecule has 9 heteroatoms. The third-order valence-corrected chi connectivity index (χ3v) is 8.72. The number of nitrogens with zero attached hydrogens (tertiary/aromatic N) is 2. The molecular weight excluding hydrogens is 506 g/mol. The number of aromatic nitrogens is 2. The molecule has 2 aromatic carbocycles. The van der Waals surface area contributed by atoms with E-state index < -0.39 is 11.2 Å². The van der Waals surface area contributed by atoms with E-state index in [0.717, 1.165) is 42.5 Å². The van der Waals surface area contributed by atoms with E-state index in [9.17, 15) is 14.4 Å². The number of ether oxygens (including phenoxy) is 1. The Kier molecular flexibility index (Phi) is 7.43. The summed E-state index contributed by atoms with van der Waals surface area (Å²) in [6, 6.07) is 16.5. The fourth-order valence-corrected chi connectivity index (χ4v) is 6.78. The van der Waals surface area contributed by atoms with Crippen molar-refractivity contribution in [3.8, 4) is 5.69 Å². The Morgan fingerprint density at radius 3 is 2.57 bits per heavy atom. The maximum Gasteiger partial charge on any atom is 0.341 e. The van der Waals surface area contributed by atoms with Gasteiger partial charge in [-0.3, -0.25) is 14.2 Å². The van der Waals surface area contributed by atoms with E-state index in [1.54, 1.807) is 23.6 Å². The second kappa shape index (κ2) is 10.9. The third-order valence-electron chi connectivity index (χ3n) is 6.46. The minimum absolute atomic E-state index is 0.193. The van der Waals surface area contributed by atoms with E-state index in [1.807, 2.05) is 42.5 Å². The van der Waals surface area contributed by atoms with Gasteiger partial charge in [-0.1, -0.05) is 48.5 Å². The van der Waals surface area contributed by atoms with Gasteiger partial charge in [0.25, 0.3) is 5.56 Å². The van der Waals surface area contributed by atoms with Crippen LogP contribution in [0.3, 0.4) is 0 Å². The van der Waals surface area contributed by atoms with Crippen LogP contribution in [0.15, 0.2) is 64.5 Å². The van der Waals surface area contributed by atoms with Gasteiger partial charge in [0.2, 0.25) is 5.91 Å². The van der Waals surface area contributed by atoms with Gasteiger partial charge in [0.05, 0.1) is 34.5 Å². The summed E-state index contributed by atoms with van der Waals surface area (Å²) in [7, 11) is 1.36. The summed E-state index contributed by atoms with van der Waals surface area (Å²) in [6.45, 7) is 1.77. The van der Waals surface area contributed by atoms with Gasteiger partial charge in [-0.15, -0.1) is 11.3 Å². The molecule has 4 aromatic rings. The molecule has 7 nitrogen and oxygen atoms in total. The zero-order valence-electron chi connectivity index (χ0n) is 20.7. The lowest BCUT2D eigenvalue weighted by Gasteiger charge is -2.16. The smallest absolute Gasteiger partial charge is 0.341 e. The van der Waals surface area contributed by atoms with Gasteiger partial charge in [-0.2, -0.15) is 0 Å². The van der Waals surface area contributed by atoms with Crippen LogP contribution in [0.4, 0.5) is 5.00 Å². The molecule has 5 rings (SSSR count). The Morgan fingerprint density at radius 1 is 1.05 bits per heavy atom. The molecule has 2 heterocycles. The Balaban J connectivity index is 1.47. The maximum atomic E-state index is 13.4. The number of amides is 1. The van der Waals surface area contributed by atoms with Crippen molar-refractivity contribution in [2.75, 3.05) is 12.4 Å². The molecule has 0 saturated heterocycles. The van der Waals surface area contributed by atoms with Crippen LogP contribution in [0, 0.1) is 0 Å². The Labute approximate surface area is 222 Å². The number of esters is 1. The molecule has 0 bridgehead atoms. The number of nitrogens with one attached hydrogen (secondary N) is 1. The van der Waals surface area contributed by atoms with Gasteiger partial charge in [0, 0.05) is 4.88 Å². The zero-order chi connectivity index (χ0) is 25.9. The number of hydrogen-bond donors (Lipinski definition) is 1. The Bertz CT molecular complexity index is 1530. The summed E-state index contributed by atoms with van der Waals surface area (Å²) < 4.78 is 6.61. The van der Waals surface area contributed by atoms with Gasteiger partial charge >= 0.3 is 5.97 Å². The third kappa shape index (κ3) is 5.06. The number of benzene rings is 2. The van der Waals surface area contributed by atoms with Crippen LogP contribution in [0.25, 0.3) is 16.6 Å². The molecule has 0 radical (unpaired) electrons. The highest BCUT2D eigenvalue weighted by Gasteiger charge is 2.28. The van der Waals surface area contributed by atoms with Gasteiger partial charge in [-0.05, 0) is 62.4 Å². The number of methoxy groups -OCH3 is 1. The first-order valence-corrected chi connectivity index (χ1v) is 13.9. The molecule has 1 amide bonds. The predicted molar refractivity (Wildman–Crippen MR) is 148 cm³/mol. The number of rotatable bonds is 6. The molecule has 1 N–H and O–H groups in total. The lowest BCUT2D eigenvalue weighted by molar-refractivity contribution is -0.115. The van der Waals surface area contributed by atoms with E-state index in [1.165, 1.54) is 30.2 Å². The lowest BCUT2D eigenvalue weighted by atomic mass is 10.1. The van der Waals surface area contributed by atoms with E-state index in [2.05, 4.69) is 5.32 Å². The zero-order valence-corrected chi connectivity index (χ0v) is 22.3. The average Bonchev–Trinajstić information content (AvgIpc) is 3.08. The van der Waals surface area contributed by atoms with Crippen LogP contribution in [0.2, 0.25) is 0 Å². The molecule has 2 aromatic heterocycles. The number of hydrogen-bond acceptors (Lipinski definition) is 7. The molecule has 1 aliphatic carbocycles. The molecule has 0 saturated carbocycles. The first-order chi connectivity index (χ1) is 18.0. The second-order valence-electron chi connectivity index (χ2n) is 8.90. The van der Waals surface area contributed by atoms with E-state index in [4.69, 9.17) is 9.72 Å². The number of carbonyl (C=O) groups is 2. The van der Waals surface area contributed by atoms with Crippen LogP contribution in [-0.2, 0) is 22.4 Å². The van der Waals surface area contributed by atoms with Crippen molar-refractivity contribution in [2.45, 2.75) is 49.4 Å². The van der Waals surface area contributed by atoms with E-state index >= 15 is 0 Å². The summed E-state index contributed by atoms with van der Waals surface area (Å²) in [5.41, 5.74) is 2.53. The normalized spacial score (nSPS) is 14.0. The minimum Gasteiger partial charge on any atom is -0.465 e. The number of carbonyl (C=O) groups excluding carboxylic acids is 2. The number of thiophene rings is 1. The number of aryl methyl sites for hydroxylation is 1. The van der Waals surface area contributed by atoms with Crippen molar-refractivity contribution < 1.29 is 14.3 Å². The average molecular weight is 534 g/mol. The van der Waals surface area contributed by atoms with Crippen LogP contribution in [0.5, 0.6) is 0 Å². The number of thioether (sulfide) groups is 1. The monoisotopic (exact) mass is 533 g/mol. The highest BCUT2D eigenvalue weighted by Crippen LogP contribution is 2.38. The quantitative estimate of drug-likeness (QED) is 0.150. The summed E-state index contributed by atoms with van der Waals surface area (Å²) in [5, 5.41) is 3.85. The van der Waals surface area contributed by atoms with Crippen molar-refractivity contribution in [2.24, 2.45) is 0 Å². The first-order valence-electron chi connectivity index (χ1n) is 12.3. The topological polar surface area (TPSA) is 90.3 Å². The first kappa shape index (κ1) is 25.2. The van der Waals surface area contributed by atoms with Crippen LogP contribution < -0.4 is 10.9 Å². The minimum atomic E-state index is -0.588. The van der Waals surface area contributed by atoms with Crippen LogP contribution >= 0.6 is 23.1 Å². The van der Waals surface area contributed by atoms with Gasteiger partial charge in [0.1, 0.15) is 5.00 Å². The molecule has 190 valence electrons. The van der Waals surface area contributed by atoms with Crippen molar-refractivity contribution in [1.29, 1.82) is 0 Å². The van der Waals surface area contributed by atoms with Crippen molar-refractivity contribution >= 4 is 50.9 Å². The highest BCUT2D eigenvalue weighted by atomic mass is 32.2. The molecule has 1 unspecified atom stereocenters. The lowest BCUT2D eigenvalue weighted by Crippen LogP contribution is -2.26. The molecule has 0 aliphatic heterocycles. The van der Waals surface area contributed by atoms with Gasteiger partial charge in [0.15, 0.2) is 5.16 Å².